The van der Waals surface area contributed by atoms with Gasteiger partial charge >= 0.3 is 0 Å². The Morgan fingerprint density at radius 3 is 2.83 bits per heavy atom. The van der Waals surface area contributed by atoms with Crippen molar-refractivity contribution in [3.63, 3.8) is 0 Å². The van der Waals surface area contributed by atoms with Crippen molar-refractivity contribution in [1.29, 1.82) is 0 Å². The number of aromatic nitrogens is 1. The van der Waals surface area contributed by atoms with E-state index in [2.05, 4.69) is 10.2 Å². The zero-order valence-corrected chi connectivity index (χ0v) is 14.3. The van der Waals surface area contributed by atoms with Crippen molar-refractivity contribution in [3.05, 3.63) is 59.2 Å². The summed E-state index contributed by atoms with van der Waals surface area (Å²) < 4.78 is 15.8. The van der Waals surface area contributed by atoms with Gasteiger partial charge in [0.15, 0.2) is 0 Å². The number of carbonyl (C=O) groups excluding carboxylic acids is 1. The third-order valence-electron chi connectivity index (χ3n) is 4.82. The van der Waals surface area contributed by atoms with E-state index in [9.17, 15) is 9.18 Å². The average molecular weight is 329 g/mol. The van der Waals surface area contributed by atoms with Gasteiger partial charge in [-0.3, -0.25) is 9.69 Å². The molecule has 128 valence electrons. The minimum Gasteiger partial charge on any atom is -0.354 e. The van der Waals surface area contributed by atoms with Gasteiger partial charge in [0.25, 0.3) is 5.91 Å². The Bertz CT molecular complexity index is 725. The molecule has 2 aromatic rings. The lowest BCUT2D eigenvalue weighted by atomic mass is 10.0. The lowest BCUT2D eigenvalue weighted by Gasteiger charge is -2.33. The number of benzene rings is 1. The van der Waals surface area contributed by atoms with E-state index >= 15 is 0 Å². The molecule has 1 atom stereocenters. The van der Waals surface area contributed by atoms with E-state index in [4.69, 9.17) is 0 Å². The number of amides is 1. The van der Waals surface area contributed by atoms with Crippen LogP contribution in [0.2, 0.25) is 0 Å². The van der Waals surface area contributed by atoms with Crippen LogP contribution in [-0.2, 0) is 13.6 Å². The summed E-state index contributed by atoms with van der Waals surface area (Å²) in [6.07, 6.45) is 3.87. The molecule has 1 aliphatic rings. The van der Waals surface area contributed by atoms with E-state index in [0.717, 1.165) is 37.2 Å². The molecule has 1 fully saturated rings. The lowest BCUT2D eigenvalue weighted by molar-refractivity contribution is 0.0899. The molecule has 2 heterocycles. The number of nitrogens with zero attached hydrogens (tertiary/aromatic N) is 2. The SMILES string of the molecule is Cc1c(C(=O)N[C@@H]2CCCN(Cc3ccccc3F)C2)ccn1C. The predicted molar refractivity (Wildman–Crippen MR) is 92.3 cm³/mol. The molecular formula is C19H24FN3O. The minimum absolute atomic E-state index is 0.0224. The minimum atomic E-state index is -0.163. The summed E-state index contributed by atoms with van der Waals surface area (Å²) in [6.45, 7) is 4.22. The maximum Gasteiger partial charge on any atom is 0.253 e. The second-order valence-corrected chi connectivity index (χ2v) is 6.56. The van der Waals surface area contributed by atoms with E-state index in [-0.39, 0.29) is 17.8 Å². The zero-order chi connectivity index (χ0) is 17.1. The van der Waals surface area contributed by atoms with Crippen LogP contribution in [0, 0.1) is 12.7 Å². The van der Waals surface area contributed by atoms with Crippen LogP contribution in [0.3, 0.4) is 0 Å². The molecule has 1 aliphatic heterocycles. The van der Waals surface area contributed by atoms with Crippen LogP contribution in [0.25, 0.3) is 0 Å². The molecule has 1 aromatic carbocycles. The van der Waals surface area contributed by atoms with E-state index in [1.54, 1.807) is 6.07 Å². The first kappa shape index (κ1) is 16.7. The Hall–Kier alpha value is -2.14. The van der Waals surface area contributed by atoms with Gasteiger partial charge in [-0.2, -0.15) is 0 Å². The van der Waals surface area contributed by atoms with Gasteiger partial charge in [0.2, 0.25) is 0 Å². The molecule has 0 radical (unpaired) electrons. The van der Waals surface area contributed by atoms with Crippen LogP contribution >= 0.6 is 0 Å². The van der Waals surface area contributed by atoms with Crippen LogP contribution in [-0.4, -0.2) is 34.5 Å². The fourth-order valence-corrected chi connectivity index (χ4v) is 3.30. The number of nitrogens with one attached hydrogen (secondary N) is 1. The number of hydrogen-bond donors (Lipinski definition) is 1. The van der Waals surface area contributed by atoms with Crippen molar-refractivity contribution in [3.8, 4) is 0 Å². The van der Waals surface area contributed by atoms with Gasteiger partial charge in [0.05, 0.1) is 5.56 Å². The molecule has 1 aromatic heterocycles. The highest BCUT2D eigenvalue weighted by Gasteiger charge is 2.23. The van der Waals surface area contributed by atoms with Crippen molar-refractivity contribution >= 4 is 5.91 Å². The molecule has 0 unspecified atom stereocenters. The first-order valence-corrected chi connectivity index (χ1v) is 8.43. The third-order valence-corrected chi connectivity index (χ3v) is 4.82. The van der Waals surface area contributed by atoms with Gasteiger partial charge in [-0.25, -0.2) is 4.39 Å². The van der Waals surface area contributed by atoms with Crippen LogP contribution < -0.4 is 5.32 Å². The highest BCUT2D eigenvalue weighted by Crippen LogP contribution is 2.17. The molecule has 0 aliphatic carbocycles. The number of halogens is 1. The second kappa shape index (κ2) is 7.18. The zero-order valence-electron chi connectivity index (χ0n) is 14.3. The Kier molecular flexibility index (Phi) is 5.00. The smallest absolute Gasteiger partial charge is 0.253 e. The maximum atomic E-state index is 13.8. The fraction of sp³-hybridized carbons (Fsp3) is 0.421. The first-order chi connectivity index (χ1) is 11.5. The molecule has 1 saturated heterocycles. The Morgan fingerprint density at radius 2 is 2.12 bits per heavy atom. The summed E-state index contributed by atoms with van der Waals surface area (Å²) in [6, 6.07) is 8.85. The molecule has 24 heavy (non-hydrogen) atoms. The van der Waals surface area contributed by atoms with Crippen LogP contribution in [0.15, 0.2) is 36.5 Å². The molecule has 5 heteroatoms. The summed E-state index contributed by atoms with van der Waals surface area (Å²) in [4.78, 5) is 14.7. The van der Waals surface area contributed by atoms with Crippen LogP contribution in [0.5, 0.6) is 0 Å². The monoisotopic (exact) mass is 329 g/mol. The number of hydrogen-bond acceptors (Lipinski definition) is 2. The molecule has 1 amide bonds. The van der Waals surface area contributed by atoms with Crippen molar-refractivity contribution in [2.45, 2.75) is 32.4 Å². The number of rotatable bonds is 4. The maximum absolute atomic E-state index is 13.8. The van der Waals surface area contributed by atoms with Crippen molar-refractivity contribution in [1.82, 2.24) is 14.8 Å². The quantitative estimate of drug-likeness (QED) is 0.936. The molecule has 4 nitrogen and oxygen atoms in total. The average Bonchev–Trinajstić information content (AvgIpc) is 2.90. The Labute approximate surface area is 142 Å². The Morgan fingerprint density at radius 1 is 1.33 bits per heavy atom. The van der Waals surface area contributed by atoms with Crippen molar-refractivity contribution in [2.24, 2.45) is 7.05 Å². The summed E-state index contributed by atoms with van der Waals surface area (Å²) >= 11 is 0. The van der Waals surface area contributed by atoms with Crippen molar-refractivity contribution in [2.75, 3.05) is 13.1 Å². The van der Waals surface area contributed by atoms with Gasteiger partial charge in [-0.15, -0.1) is 0 Å². The van der Waals surface area contributed by atoms with E-state index in [1.165, 1.54) is 6.07 Å². The summed E-state index contributed by atoms with van der Waals surface area (Å²) in [7, 11) is 1.93. The van der Waals surface area contributed by atoms with E-state index < -0.39 is 0 Å². The molecule has 0 bridgehead atoms. The summed E-state index contributed by atoms with van der Waals surface area (Å²) in [5.74, 6) is -0.186. The van der Waals surface area contributed by atoms with Crippen LogP contribution in [0.1, 0.15) is 34.5 Å². The number of likely N-dealkylation sites (tertiary alicyclic amines) is 1. The standard InChI is InChI=1S/C19H24FN3O/c1-14-17(9-11-22(14)2)19(24)21-16-7-5-10-23(13-16)12-15-6-3-4-8-18(15)20/h3-4,6,8-9,11,16H,5,7,10,12-13H2,1-2H3,(H,21,24)/t16-/m1/s1. The number of carbonyl (C=O) groups is 1. The largest absolute Gasteiger partial charge is 0.354 e. The van der Waals surface area contributed by atoms with Gasteiger partial charge in [0.1, 0.15) is 5.82 Å². The van der Waals surface area contributed by atoms with Gasteiger partial charge in [-0.1, -0.05) is 18.2 Å². The lowest BCUT2D eigenvalue weighted by Crippen LogP contribution is -2.47. The molecule has 3 rings (SSSR count). The molecule has 1 N–H and O–H groups in total. The molecular weight excluding hydrogens is 305 g/mol. The third kappa shape index (κ3) is 3.67. The van der Waals surface area contributed by atoms with E-state index in [0.29, 0.717) is 12.1 Å². The number of piperidine rings is 1. The topological polar surface area (TPSA) is 37.3 Å². The summed E-state index contributed by atoms with van der Waals surface area (Å²) in [5, 5.41) is 3.13. The second-order valence-electron chi connectivity index (χ2n) is 6.56. The highest BCUT2D eigenvalue weighted by atomic mass is 19.1. The first-order valence-electron chi connectivity index (χ1n) is 8.43. The van der Waals surface area contributed by atoms with Crippen LogP contribution in [0.4, 0.5) is 4.39 Å². The summed E-state index contributed by atoms with van der Waals surface area (Å²) in [5.41, 5.74) is 2.40. The van der Waals surface area contributed by atoms with Gasteiger partial charge in [0, 0.05) is 43.6 Å². The fourth-order valence-electron chi connectivity index (χ4n) is 3.30. The van der Waals surface area contributed by atoms with Crippen molar-refractivity contribution < 1.29 is 9.18 Å². The molecule has 0 spiro atoms. The Balaban J connectivity index is 1.60. The van der Waals surface area contributed by atoms with Gasteiger partial charge < -0.3 is 9.88 Å². The van der Waals surface area contributed by atoms with E-state index in [1.807, 2.05) is 42.9 Å². The molecule has 0 saturated carbocycles. The number of aryl methyl sites for hydroxylation is 1. The predicted octanol–water partition coefficient (Wildman–Crippen LogP) is 2.87. The van der Waals surface area contributed by atoms with Gasteiger partial charge in [-0.05, 0) is 38.4 Å². The normalized spacial score (nSPS) is 18.5. The highest BCUT2D eigenvalue weighted by molar-refractivity contribution is 5.95.